The first kappa shape index (κ1) is 18.7. The van der Waals surface area contributed by atoms with Gasteiger partial charge in [0.15, 0.2) is 5.75 Å². The molecule has 0 atom stereocenters. The Kier molecular flexibility index (Phi) is 5.62. The van der Waals surface area contributed by atoms with Gasteiger partial charge >= 0.3 is 11.9 Å². The molecule has 3 rings (SSSR count). The van der Waals surface area contributed by atoms with Gasteiger partial charge in [0, 0.05) is 28.2 Å². The number of hydrogen-bond acceptors (Lipinski definition) is 5. The Hall–Kier alpha value is -3.05. The molecule has 136 valence electrons. The Bertz CT molecular complexity index is 1030. The summed E-state index contributed by atoms with van der Waals surface area (Å²) >= 11 is 1.43. The molecule has 0 radical (unpaired) electrons. The number of fused-ring (bicyclic) bond motifs is 1. The highest BCUT2D eigenvalue weighted by Gasteiger charge is 2.19. The highest BCUT2D eigenvalue weighted by atomic mass is 32.2. The molecular weight excluding hydrogens is 360 g/mol. The largest absolute Gasteiger partial charge is 0.426 e. The first-order chi connectivity index (χ1) is 13.0. The maximum absolute atomic E-state index is 12.2. The number of hydrogen-bond donors (Lipinski definition) is 0. The molecule has 0 unspecified atom stereocenters. The van der Waals surface area contributed by atoms with Gasteiger partial charge in [0.2, 0.25) is 0 Å². The molecule has 27 heavy (non-hydrogen) atoms. The Labute approximate surface area is 161 Å². The lowest BCUT2D eigenvalue weighted by atomic mass is 10.1. The number of carbonyl (C=O) groups is 2. The van der Waals surface area contributed by atoms with Crippen LogP contribution in [0.1, 0.15) is 13.8 Å². The van der Waals surface area contributed by atoms with Crippen LogP contribution >= 0.6 is 11.8 Å². The van der Waals surface area contributed by atoms with Gasteiger partial charge in [-0.2, -0.15) is 0 Å². The van der Waals surface area contributed by atoms with Crippen molar-refractivity contribution < 1.29 is 19.1 Å². The fourth-order valence-corrected chi connectivity index (χ4v) is 3.46. The standard InChI is InChI=1S/C22H18O4S/c1-14(2)22(24)26-21-18-12-8-7-11-17(18)19(25-15(3)23)13-20(21)27-16-9-5-4-6-10-16/h4-13H,1H2,2-3H3. The summed E-state index contributed by atoms with van der Waals surface area (Å²) < 4.78 is 11.1. The van der Waals surface area contributed by atoms with E-state index >= 15 is 0 Å². The highest BCUT2D eigenvalue weighted by molar-refractivity contribution is 7.99. The zero-order valence-corrected chi connectivity index (χ0v) is 15.8. The summed E-state index contributed by atoms with van der Waals surface area (Å²) in [6.07, 6.45) is 0. The molecule has 0 aliphatic heterocycles. The molecule has 0 heterocycles. The molecule has 5 heteroatoms. The second kappa shape index (κ2) is 8.10. The fraction of sp³-hybridized carbons (Fsp3) is 0.0909. The molecule has 0 amide bonds. The molecule has 0 aliphatic carbocycles. The zero-order valence-electron chi connectivity index (χ0n) is 15.0. The van der Waals surface area contributed by atoms with E-state index in [1.807, 2.05) is 54.6 Å². The number of esters is 2. The van der Waals surface area contributed by atoms with Gasteiger partial charge < -0.3 is 9.47 Å². The van der Waals surface area contributed by atoms with Gasteiger partial charge in [0.05, 0.1) is 4.90 Å². The number of ether oxygens (including phenoxy) is 2. The van der Waals surface area contributed by atoms with Crippen LogP contribution in [-0.2, 0) is 9.59 Å². The lowest BCUT2D eigenvalue weighted by molar-refractivity contribution is -0.132. The number of benzene rings is 3. The SMILES string of the molecule is C=C(C)C(=O)Oc1c(Sc2ccccc2)cc(OC(C)=O)c2ccccc12. The van der Waals surface area contributed by atoms with Crippen LogP contribution < -0.4 is 9.47 Å². The van der Waals surface area contributed by atoms with Crippen molar-refractivity contribution in [1.82, 2.24) is 0 Å². The van der Waals surface area contributed by atoms with Gasteiger partial charge in [0.25, 0.3) is 0 Å². The third kappa shape index (κ3) is 4.38. The smallest absolute Gasteiger partial charge is 0.338 e. The Balaban J connectivity index is 2.20. The Morgan fingerprint density at radius 3 is 2.15 bits per heavy atom. The van der Waals surface area contributed by atoms with Crippen LogP contribution in [0.5, 0.6) is 11.5 Å². The molecule has 0 saturated heterocycles. The maximum atomic E-state index is 12.2. The molecule has 0 aromatic heterocycles. The van der Waals surface area contributed by atoms with E-state index in [0.29, 0.717) is 32.7 Å². The molecule has 3 aromatic rings. The zero-order chi connectivity index (χ0) is 19.4. The van der Waals surface area contributed by atoms with Gasteiger partial charge in [-0.05, 0) is 25.1 Å². The topological polar surface area (TPSA) is 52.6 Å². The van der Waals surface area contributed by atoms with Crippen molar-refractivity contribution in [3.63, 3.8) is 0 Å². The Morgan fingerprint density at radius 1 is 0.889 bits per heavy atom. The van der Waals surface area contributed by atoms with Crippen LogP contribution in [0.25, 0.3) is 10.8 Å². The van der Waals surface area contributed by atoms with Crippen molar-refractivity contribution in [1.29, 1.82) is 0 Å². The minimum atomic E-state index is -0.504. The first-order valence-corrected chi connectivity index (χ1v) is 9.12. The summed E-state index contributed by atoms with van der Waals surface area (Å²) in [5, 5.41) is 1.37. The van der Waals surface area contributed by atoms with Crippen molar-refractivity contribution >= 4 is 34.5 Å². The molecule has 4 nitrogen and oxygen atoms in total. The first-order valence-electron chi connectivity index (χ1n) is 8.30. The predicted molar refractivity (Wildman–Crippen MR) is 106 cm³/mol. The molecule has 0 N–H and O–H groups in total. The molecule has 0 saturated carbocycles. The summed E-state index contributed by atoms with van der Waals surface area (Å²) in [5.74, 6) is -0.0761. The van der Waals surface area contributed by atoms with E-state index in [1.54, 1.807) is 13.0 Å². The third-order valence-electron chi connectivity index (χ3n) is 3.69. The minimum absolute atomic E-state index is 0.304. The van der Waals surface area contributed by atoms with Gasteiger partial charge in [-0.3, -0.25) is 4.79 Å². The fourth-order valence-electron chi connectivity index (χ4n) is 2.51. The predicted octanol–water partition coefficient (Wildman–Crippen LogP) is 5.40. The van der Waals surface area contributed by atoms with Gasteiger partial charge in [-0.15, -0.1) is 0 Å². The normalized spacial score (nSPS) is 10.4. The highest BCUT2D eigenvalue weighted by Crippen LogP contribution is 2.44. The van der Waals surface area contributed by atoms with E-state index in [1.165, 1.54) is 18.7 Å². The lowest BCUT2D eigenvalue weighted by Gasteiger charge is -2.16. The van der Waals surface area contributed by atoms with Crippen LogP contribution in [-0.4, -0.2) is 11.9 Å². The summed E-state index contributed by atoms with van der Waals surface area (Å²) in [7, 11) is 0. The van der Waals surface area contributed by atoms with Crippen LogP contribution in [0, 0.1) is 0 Å². The van der Waals surface area contributed by atoms with E-state index in [4.69, 9.17) is 9.47 Å². The van der Waals surface area contributed by atoms with E-state index in [-0.39, 0.29) is 0 Å². The van der Waals surface area contributed by atoms with Gasteiger partial charge in [-0.25, -0.2) is 4.79 Å². The van der Waals surface area contributed by atoms with E-state index < -0.39 is 11.9 Å². The van der Waals surface area contributed by atoms with Crippen molar-refractivity contribution in [2.24, 2.45) is 0 Å². The maximum Gasteiger partial charge on any atom is 0.338 e. The number of rotatable bonds is 5. The monoisotopic (exact) mass is 378 g/mol. The lowest BCUT2D eigenvalue weighted by Crippen LogP contribution is -2.10. The minimum Gasteiger partial charge on any atom is -0.426 e. The summed E-state index contributed by atoms with van der Waals surface area (Å²) in [5.41, 5.74) is 0.304. The number of carbonyl (C=O) groups excluding carboxylic acids is 2. The van der Waals surface area contributed by atoms with Crippen molar-refractivity contribution in [2.75, 3.05) is 0 Å². The molecule has 0 fully saturated rings. The van der Waals surface area contributed by atoms with Crippen LogP contribution in [0.3, 0.4) is 0 Å². The van der Waals surface area contributed by atoms with Crippen molar-refractivity contribution in [2.45, 2.75) is 23.6 Å². The van der Waals surface area contributed by atoms with Gasteiger partial charge in [0.1, 0.15) is 5.75 Å². The molecule has 0 bridgehead atoms. The Morgan fingerprint density at radius 2 is 1.52 bits per heavy atom. The summed E-state index contributed by atoms with van der Waals surface area (Å²) in [4.78, 5) is 25.4. The van der Waals surface area contributed by atoms with Gasteiger partial charge in [-0.1, -0.05) is 60.8 Å². The van der Waals surface area contributed by atoms with E-state index in [9.17, 15) is 9.59 Å². The quantitative estimate of drug-likeness (QED) is 0.338. The summed E-state index contributed by atoms with van der Waals surface area (Å²) in [6, 6.07) is 18.7. The molecule has 0 aliphatic rings. The molecule has 0 spiro atoms. The average molecular weight is 378 g/mol. The average Bonchev–Trinajstić information content (AvgIpc) is 2.64. The van der Waals surface area contributed by atoms with Crippen molar-refractivity contribution in [3.8, 4) is 11.5 Å². The van der Waals surface area contributed by atoms with E-state index in [0.717, 1.165) is 4.90 Å². The molecular formula is C22H18O4S. The second-order valence-corrected chi connectivity index (χ2v) is 7.04. The van der Waals surface area contributed by atoms with Crippen LogP contribution in [0.15, 0.2) is 82.6 Å². The third-order valence-corrected chi connectivity index (χ3v) is 4.72. The van der Waals surface area contributed by atoms with E-state index in [2.05, 4.69) is 6.58 Å². The molecule has 3 aromatic carbocycles. The van der Waals surface area contributed by atoms with Crippen molar-refractivity contribution in [3.05, 3.63) is 72.8 Å². The van der Waals surface area contributed by atoms with Crippen LogP contribution in [0.4, 0.5) is 0 Å². The van der Waals surface area contributed by atoms with Crippen LogP contribution in [0.2, 0.25) is 0 Å². The summed E-state index contributed by atoms with van der Waals surface area (Å²) in [6.45, 7) is 6.61. The second-order valence-electron chi connectivity index (χ2n) is 5.93.